The molecule has 0 aromatic carbocycles. The maximum Gasteiger partial charge on any atom is 0.0679 e. The van der Waals surface area contributed by atoms with Gasteiger partial charge in [-0.15, -0.1) is 0 Å². The number of hydrogen-bond acceptors (Lipinski definition) is 4. The summed E-state index contributed by atoms with van der Waals surface area (Å²) < 4.78 is 0. The van der Waals surface area contributed by atoms with Crippen LogP contribution in [0.2, 0.25) is 0 Å². The summed E-state index contributed by atoms with van der Waals surface area (Å²) in [5, 5.41) is 13.6. The zero-order valence-corrected chi connectivity index (χ0v) is 14.8. The maximum absolute atomic E-state index is 9.79. The fourth-order valence-corrected chi connectivity index (χ4v) is 4.04. The van der Waals surface area contributed by atoms with E-state index in [-0.39, 0.29) is 6.10 Å². The van der Waals surface area contributed by atoms with Crippen LogP contribution in [0.15, 0.2) is 12.1 Å². The van der Waals surface area contributed by atoms with Crippen LogP contribution in [0.3, 0.4) is 0 Å². The predicted octanol–water partition coefficient (Wildman–Crippen LogP) is 2.59. The van der Waals surface area contributed by atoms with Gasteiger partial charge in [-0.05, 0) is 43.7 Å². The van der Waals surface area contributed by atoms with Gasteiger partial charge in [0.15, 0.2) is 0 Å². The van der Waals surface area contributed by atoms with E-state index in [0.29, 0.717) is 18.0 Å². The highest BCUT2D eigenvalue weighted by molar-refractivity contribution is 5.23. The van der Waals surface area contributed by atoms with Crippen molar-refractivity contribution in [1.82, 2.24) is 15.2 Å². The van der Waals surface area contributed by atoms with Crippen LogP contribution < -0.4 is 5.32 Å². The molecule has 2 heterocycles. The largest absolute Gasteiger partial charge is 0.392 e. The van der Waals surface area contributed by atoms with Crippen LogP contribution >= 0.6 is 0 Å². The Bertz CT molecular complexity index is 531. The van der Waals surface area contributed by atoms with Gasteiger partial charge < -0.3 is 10.4 Å². The Morgan fingerprint density at radius 1 is 1.30 bits per heavy atom. The van der Waals surface area contributed by atoms with Crippen molar-refractivity contribution in [2.45, 2.75) is 77.1 Å². The van der Waals surface area contributed by atoms with E-state index in [4.69, 9.17) is 4.98 Å². The van der Waals surface area contributed by atoms with Crippen molar-refractivity contribution < 1.29 is 5.11 Å². The number of aryl methyl sites for hydroxylation is 1. The minimum Gasteiger partial charge on any atom is -0.392 e. The van der Waals surface area contributed by atoms with Crippen LogP contribution in [-0.2, 0) is 6.54 Å². The van der Waals surface area contributed by atoms with Crippen LogP contribution in [0.1, 0.15) is 62.4 Å². The van der Waals surface area contributed by atoms with Crippen molar-refractivity contribution in [2.24, 2.45) is 0 Å². The van der Waals surface area contributed by atoms with Crippen LogP contribution in [0.25, 0.3) is 0 Å². The minimum atomic E-state index is -0.119. The number of nitrogens with zero attached hydrogens (tertiary/aromatic N) is 2. The monoisotopic (exact) mass is 317 g/mol. The third-order valence-electron chi connectivity index (χ3n) is 5.51. The molecule has 23 heavy (non-hydrogen) atoms. The molecule has 2 fully saturated rings. The molecule has 1 aromatic heterocycles. The first-order valence-corrected chi connectivity index (χ1v) is 9.16. The fraction of sp³-hybridized carbons (Fsp3) is 0.737. The Hall–Kier alpha value is -0.970. The van der Waals surface area contributed by atoms with Gasteiger partial charge in [0.2, 0.25) is 0 Å². The van der Waals surface area contributed by atoms with Crippen LogP contribution in [-0.4, -0.2) is 46.3 Å². The number of hydrogen-bond donors (Lipinski definition) is 2. The third kappa shape index (κ3) is 3.93. The van der Waals surface area contributed by atoms with E-state index in [1.807, 2.05) is 0 Å². The highest BCUT2D eigenvalue weighted by Gasteiger charge is 2.35. The van der Waals surface area contributed by atoms with Crippen molar-refractivity contribution in [3.8, 4) is 0 Å². The van der Waals surface area contributed by atoms with Crippen LogP contribution in [0.4, 0.5) is 0 Å². The molecular formula is C19H31N3O. The van der Waals surface area contributed by atoms with E-state index in [0.717, 1.165) is 31.7 Å². The van der Waals surface area contributed by atoms with Gasteiger partial charge in [-0.2, -0.15) is 0 Å². The second-order valence-electron chi connectivity index (χ2n) is 7.56. The number of rotatable bonds is 5. The lowest BCUT2D eigenvalue weighted by atomic mass is 10.1. The molecule has 4 heteroatoms. The molecule has 0 bridgehead atoms. The Labute approximate surface area is 140 Å². The highest BCUT2D eigenvalue weighted by Crippen LogP contribution is 2.27. The average molecular weight is 317 g/mol. The standard InChI is InChI=1S/C19H31N3O/c1-13(2)17-8-7-15(14(3)21-17)11-20-18-5-4-6-19(18)22-10-9-16(23)12-22/h7-8,13,16,18-20,23H,4-6,9-12H2,1-3H3/t16?,18-,19+/m1/s1. The summed E-state index contributed by atoms with van der Waals surface area (Å²) in [6.45, 7) is 9.29. The first-order valence-electron chi connectivity index (χ1n) is 9.16. The lowest BCUT2D eigenvalue weighted by Gasteiger charge is -2.30. The van der Waals surface area contributed by atoms with Gasteiger partial charge in [0.25, 0.3) is 0 Å². The van der Waals surface area contributed by atoms with Crippen molar-refractivity contribution in [3.63, 3.8) is 0 Å². The molecule has 1 aromatic rings. The predicted molar refractivity (Wildman–Crippen MR) is 93.5 cm³/mol. The number of aromatic nitrogens is 1. The Kier molecular flexibility index (Phi) is 5.34. The number of aliphatic hydroxyl groups is 1. The van der Waals surface area contributed by atoms with Gasteiger partial charge in [0, 0.05) is 43.1 Å². The smallest absolute Gasteiger partial charge is 0.0679 e. The zero-order chi connectivity index (χ0) is 16.4. The van der Waals surface area contributed by atoms with Gasteiger partial charge in [0.1, 0.15) is 0 Å². The molecule has 0 amide bonds. The molecule has 1 unspecified atom stereocenters. The van der Waals surface area contributed by atoms with E-state index in [9.17, 15) is 5.11 Å². The van der Waals surface area contributed by atoms with E-state index in [2.05, 4.69) is 43.1 Å². The summed E-state index contributed by atoms with van der Waals surface area (Å²) in [5.41, 5.74) is 3.63. The Morgan fingerprint density at radius 3 is 2.78 bits per heavy atom. The molecule has 2 aliphatic rings. The van der Waals surface area contributed by atoms with Crippen molar-refractivity contribution in [3.05, 3.63) is 29.1 Å². The summed E-state index contributed by atoms with van der Waals surface area (Å²) in [6, 6.07) is 5.53. The molecule has 2 N–H and O–H groups in total. The second-order valence-corrected chi connectivity index (χ2v) is 7.56. The first kappa shape index (κ1) is 16.9. The molecule has 1 aliphatic carbocycles. The van der Waals surface area contributed by atoms with Crippen molar-refractivity contribution in [2.75, 3.05) is 13.1 Å². The fourth-order valence-electron chi connectivity index (χ4n) is 4.04. The van der Waals surface area contributed by atoms with E-state index >= 15 is 0 Å². The van der Waals surface area contributed by atoms with E-state index in [1.165, 1.54) is 30.5 Å². The SMILES string of the molecule is Cc1nc(C(C)C)ccc1CN[C@@H]1CCC[C@@H]1N1CCC(O)C1. The molecule has 3 atom stereocenters. The molecule has 3 rings (SSSR count). The van der Waals surface area contributed by atoms with Crippen LogP contribution in [0.5, 0.6) is 0 Å². The molecule has 128 valence electrons. The van der Waals surface area contributed by atoms with Crippen molar-refractivity contribution in [1.29, 1.82) is 0 Å². The number of pyridine rings is 1. The zero-order valence-electron chi connectivity index (χ0n) is 14.8. The summed E-state index contributed by atoms with van der Waals surface area (Å²) >= 11 is 0. The Balaban J connectivity index is 1.59. The number of β-amino-alcohol motifs (C(OH)–C–C–N with tert-alkyl or cyclic N) is 1. The molecule has 0 spiro atoms. The third-order valence-corrected chi connectivity index (χ3v) is 5.51. The molecular weight excluding hydrogens is 286 g/mol. The Morgan fingerprint density at radius 2 is 2.13 bits per heavy atom. The number of likely N-dealkylation sites (tertiary alicyclic amines) is 1. The summed E-state index contributed by atoms with van der Waals surface area (Å²) in [5.74, 6) is 0.483. The second kappa shape index (κ2) is 7.29. The lowest BCUT2D eigenvalue weighted by molar-refractivity contribution is 0.150. The summed E-state index contributed by atoms with van der Waals surface area (Å²) in [7, 11) is 0. The molecule has 1 aliphatic heterocycles. The minimum absolute atomic E-state index is 0.119. The van der Waals surface area contributed by atoms with Crippen molar-refractivity contribution >= 4 is 0 Å². The van der Waals surface area contributed by atoms with Gasteiger partial charge >= 0.3 is 0 Å². The molecule has 0 radical (unpaired) electrons. The van der Waals surface area contributed by atoms with Gasteiger partial charge in [-0.25, -0.2) is 0 Å². The summed E-state index contributed by atoms with van der Waals surface area (Å²) in [4.78, 5) is 7.23. The quantitative estimate of drug-likeness (QED) is 0.876. The number of aliphatic hydroxyl groups excluding tert-OH is 1. The topological polar surface area (TPSA) is 48.4 Å². The van der Waals surface area contributed by atoms with Gasteiger partial charge in [0.05, 0.1) is 6.10 Å². The average Bonchev–Trinajstić information content (AvgIpc) is 3.14. The normalized spacial score (nSPS) is 28.8. The van der Waals surface area contributed by atoms with E-state index in [1.54, 1.807) is 0 Å². The van der Waals surface area contributed by atoms with Gasteiger partial charge in [-0.1, -0.05) is 26.3 Å². The van der Waals surface area contributed by atoms with Crippen LogP contribution in [0, 0.1) is 6.92 Å². The molecule has 1 saturated heterocycles. The first-order chi connectivity index (χ1) is 11.0. The molecule has 1 saturated carbocycles. The van der Waals surface area contributed by atoms with E-state index < -0.39 is 0 Å². The summed E-state index contributed by atoms with van der Waals surface area (Å²) in [6.07, 6.45) is 4.61. The maximum atomic E-state index is 9.79. The van der Waals surface area contributed by atoms with Gasteiger partial charge in [-0.3, -0.25) is 9.88 Å². The molecule has 4 nitrogen and oxygen atoms in total. The lowest BCUT2D eigenvalue weighted by Crippen LogP contribution is -2.46. The number of nitrogens with one attached hydrogen (secondary N) is 1. The highest BCUT2D eigenvalue weighted by atomic mass is 16.3.